The first-order chi connectivity index (χ1) is 9.69. The van der Waals surface area contributed by atoms with E-state index < -0.39 is 0 Å². The van der Waals surface area contributed by atoms with Crippen LogP contribution in [0.3, 0.4) is 0 Å². The molecule has 1 saturated heterocycles. The summed E-state index contributed by atoms with van der Waals surface area (Å²) in [5.41, 5.74) is 1.19. The van der Waals surface area contributed by atoms with Gasteiger partial charge in [0.15, 0.2) is 0 Å². The van der Waals surface area contributed by atoms with E-state index in [1.807, 2.05) is 36.1 Å². The number of likely N-dealkylation sites (tertiary alicyclic amines) is 1. The van der Waals surface area contributed by atoms with Crippen molar-refractivity contribution in [1.82, 2.24) is 4.90 Å². The number of aliphatic hydroxyl groups excluding tert-OH is 1. The molecule has 4 heteroatoms. The number of hydrogen-bond acceptors (Lipinski definition) is 3. The van der Waals surface area contributed by atoms with E-state index in [2.05, 4.69) is 0 Å². The smallest absolute Gasteiger partial charge is 0.226 e. The molecule has 1 aromatic carbocycles. The molecule has 0 spiro atoms. The highest BCUT2D eigenvalue weighted by Gasteiger charge is 2.22. The number of hydrogen-bond donors (Lipinski definition) is 1. The highest BCUT2D eigenvalue weighted by Crippen LogP contribution is 2.17. The Hall–Kier alpha value is -1.55. The molecule has 20 heavy (non-hydrogen) atoms. The van der Waals surface area contributed by atoms with Crippen LogP contribution in [0.5, 0.6) is 5.75 Å². The van der Waals surface area contributed by atoms with Gasteiger partial charge in [-0.3, -0.25) is 4.79 Å². The molecule has 110 valence electrons. The molecule has 0 saturated carbocycles. The Bertz CT molecular complexity index is 430. The second-order valence-corrected chi connectivity index (χ2v) is 5.44. The summed E-state index contributed by atoms with van der Waals surface area (Å²) < 4.78 is 5.58. The van der Waals surface area contributed by atoms with Crippen LogP contribution in [0.1, 0.15) is 24.8 Å². The molecule has 0 aliphatic carbocycles. The maximum Gasteiger partial charge on any atom is 0.226 e. The van der Waals surface area contributed by atoms with Crippen molar-refractivity contribution < 1.29 is 14.6 Å². The van der Waals surface area contributed by atoms with Crippen molar-refractivity contribution in [1.29, 1.82) is 0 Å². The number of piperidine rings is 1. The first kappa shape index (κ1) is 14.9. The zero-order valence-electron chi connectivity index (χ0n) is 12.0. The summed E-state index contributed by atoms with van der Waals surface area (Å²) in [6.07, 6.45) is 2.39. The van der Waals surface area contributed by atoms with Crippen molar-refractivity contribution in [3.63, 3.8) is 0 Å². The fourth-order valence-electron chi connectivity index (χ4n) is 2.49. The van der Waals surface area contributed by atoms with E-state index in [0.717, 1.165) is 25.1 Å². The molecule has 2 rings (SSSR count). The zero-order chi connectivity index (χ0) is 14.4. The van der Waals surface area contributed by atoms with E-state index in [4.69, 9.17) is 4.74 Å². The van der Waals surface area contributed by atoms with Gasteiger partial charge >= 0.3 is 0 Å². The van der Waals surface area contributed by atoms with Gasteiger partial charge in [0.05, 0.1) is 13.0 Å². The Morgan fingerprint density at radius 1 is 1.40 bits per heavy atom. The average molecular weight is 277 g/mol. The van der Waals surface area contributed by atoms with Crippen molar-refractivity contribution in [2.24, 2.45) is 5.92 Å². The van der Waals surface area contributed by atoms with Gasteiger partial charge in [0.2, 0.25) is 5.91 Å². The number of nitrogens with zero attached hydrogens (tertiary/aromatic N) is 1. The van der Waals surface area contributed by atoms with Crippen molar-refractivity contribution in [2.45, 2.75) is 26.2 Å². The van der Waals surface area contributed by atoms with Crippen LogP contribution in [0.4, 0.5) is 0 Å². The molecule has 1 aliphatic rings. The fourth-order valence-corrected chi connectivity index (χ4v) is 2.49. The molecular weight excluding hydrogens is 254 g/mol. The van der Waals surface area contributed by atoms with E-state index >= 15 is 0 Å². The van der Waals surface area contributed by atoms with Gasteiger partial charge in [-0.1, -0.05) is 17.7 Å². The number of aryl methyl sites for hydroxylation is 1. The van der Waals surface area contributed by atoms with Crippen molar-refractivity contribution in [3.8, 4) is 5.75 Å². The molecule has 1 aromatic rings. The average Bonchev–Trinajstić information content (AvgIpc) is 2.49. The Morgan fingerprint density at radius 3 is 2.85 bits per heavy atom. The number of amides is 1. The van der Waals surface area contributed by atoms with Crippen LogP contribution in [-0.4, -0.2) is 42.2 Å². The lowest BCUT2D eigenvalue weighted by atomic mass is 9.99. The number of carbonyl (C=O) groups is 1. The largest absolute Gasteiger partial charge is 0.493 e. The zero-order valence-corrected chi connectivity index (χ0v) is 12.0. The van der Waals surface area contributed by atoms with Gasteiger partial charge in [0, 0.05) is 19.7 Å². The Labute approximate surface area is 120 Å². The third kappa shape index (κ3) is 4.23. The van der Waals surface area contributed by atoms with Crippen LogP contribution in [-0.2, 0) is 4.79 Å². The molecule has 1 N–H and O–H groups in total. The SMILES string of the molecule is Cc1ccc(OCCC(=O)N2CCCC(CO)C2)cc1. The molecule has 0 aromatic heterocycles. The lowest BCUT2D eigenvalue weighted by Gasteiger charge is -2.31. The van der Waals surface area contributed by atoms with E-state index in [1.165, 1.54) is 5.56 Å². The van der Waals surface area contributed by atoms with Crippen molar-refractivity contribution in [3.05, 3.63) is 29.8 Å². The van der Waals surface area contributed by atoms with Gasteiger partial charge in [0.1, 0.15) is 5.75 Å². The van der Waals surface area contributed by atoms with Crippen LogP contribution in [0.15, 0.2) is 24.3 Å². The first-order valence-electron chi connectivity index (χ1n) is 7.27. The van der Waals surface area contributed by atoms with E-state index in [9.17, 15) is 9.90 Å². The van der Waals surface area contributed by atoms with Gasteiger partial charge in [-0.25, -0.2) is 0 Å². The molecule has 0 bridgehead atoms. The minimum atomic E-state index is 0.121. The standard InChI is InChI=1S/C16H23NO3/c1-13-4-6-15(7-5-13)20-10-8-16(19)17-9-2-3-14(11-17)12-18/h4-7,14,18H,2-3,8-12H2,1H3. The van der Waals surface area contributed by atoms with E-state index in [-0.39, 0.29) is 18.4 Å². The van der Waals surface area contributed by atoms with Gasteiger partial charge < -0.3 is 14.7 Å². The topological polar surface area (TPSA) is 49.8 Å². The van der Waals surface area contributed by atoms with Gasteiger partial charge in [-0.2, -0.15) is 0 Å². The summed E-state index contributed by atoms with van der Waals surface area (Å²) in [4.78, 5) is 13.9. The Kier molecular flexibility index (Phi) is 5.41. The first-order valence-corrected chi connectivity index (χ1v) is 7.27. The molecular formula is C16H23NO3. The summed E-state index contributed by atoms with van der Waals surface area (Å²) in [7, 11) is 0. The summed E-state index contributed by atoms with van der Waals surface area (Å²) in [5, 5.41) is 9.18. The van der Waals surface area contributed by atoms with Crippen LogP contribution in [0.25, 0.3) is 0 Å². The minimum Gasteiger partial charge on any atom is -0.493 e. The van der Waals surface area contributed by atoms with E-state index in [0.29, 0.717) is 19.6 Å². The van der Waals surface area contributed by atoms with Crippen molar-refractivity contribution in [2.75, 3.05) is 26.3 Å². The normalized spacial score (nSPS) is 18.9. The molecule has 1 atom stereocenters. The molecule has 1 amide bonds. The number of benzene rings is 1. The van der Waals surface area contributed by atoms with E-state index in [1.54, 1.807) is 0 Å². The lowest BCUT2D eigenvalue weighted by molar-refractivity contribution is -0.133. The summed E-state index contributed by atoms with van der Waals surface area (Å²) in [6, 6.07) is 7.83. The molecule has 0 radical (unpaired) electrons. The maximum absolute atomic E-state index is 12.1. The summed E-state index contributed by atoms with van der Waals surface area (Å²) in [5.74, 6) is 1.16. The number of aliphatic hydroxyl groups is 1. The molecule has 4 nitrogen and oxygen atoms in total. The highest BCUT2D eigenvalue weighted by atomic mass is 16.5. The second kappa shape index (κ2) is 7.29. The van der Waals surface area contributed by atoms with Crippen LogP contribution in [0, 0.1) is 12.8 Å². The Morgan fingerprint density at radius 2 is 2.15 bits per heavy atom. The molecule has 1 fully saturated rings. The number of ether oxygens (including phenoxy) is 1. The summed E-state index contributed by atoms with van der Waals surface area (Å²) >= 11 is 0. The van der Waals surface area contributed by atoms with Gasteiger partial charge in [-0.15, -0.1) is 0 Å². The Balaban J connectivity index is 1.73. The third-order valence-electron chi connectivity index (χ3n) is 3.74. The maximum atomic E-state index is 12.1. The van der Waals surface area contributed by atoms with Gasteiger partial charge in [0.25, 0.3) is 0 Å². The third-order valence-corrected chi connectivity index (χ3v) is 3.74. The predicted octanol–water partition coefficient (Wildman–Crippen LogP) is 1.99. The fraction of sp³-hybridized carbons (Fsp3) is 0.562. The lowest BCUT2D eigenvalue weighted by Crippen LogP contribution is -2.41. The van der Waals surface area contributed by atoms with Crippen LogP contribution >= 0.6 is 0 Å². The summed E-state index contributed by atoms with van der Waals surface area (Å²) in [6.45, 7) is 4.09. The number of rotatable bonds is 5. The van der Waals surface area contributed by atoms with Crippen molar-refractivity contribution >= 4 is 5.91 Å². The molecule has 1 unspecified atom stereocenters. The van der Waals surface area contributed by atoms with Crippen LogP contribution < -0.4 is 4.74 Å². The molecule has 1 aliphatic heterocycles. The van der Waals surface area contributed by atoms with Crippen LogP contribution in [0.2, 0.25) is 0 Å². The quantitative estimate of drug-likeness (QED) is 0.895. The molecule has 1 heterocycles. The monoisotopic (exact) mass is 277 g/mol. The predicted molar refractivity (Wildman–Crippen MR) is 77.7 cm³/mol. The number of carbonyl (C=O) groups excluding carboxylic acids is 1. The van der Waals surface area contributed by atoms with Gasteiger partial charge in [-0.05, 0) is 37.8 Å². The second-order valence-electron chi connectivity index (χ2n) is 5.44. The minimum absolute atomic E-state index is 0.121. The highest BCUT2D eigenvalue weighted by molar-refractivity contribution is 5.76.